The van der Waals surface area contributed by atoms with Gasteiger partial charge in [0.25, 0.3) is 5.91 Å². The lowest BCUT2D eigenvalue weighted by Crippen LogP contribution is -2.33. The molecule has 0 fully saturated rings. The predicted octanol–water partition coefficient (Wildman–Crippen LogP) is 3.55. The third-order valence-electron chi connectivity index (χ3n) is 3.47. The van der Waals surface area contributed by atoms with E-state index in [1.807, 2.05) is 0 Å². The van der Waals surface area contributed by atoms with E-state index in [2.05, 4.69) is 33.0 Å². The standard InChI is InChI=1S/C15H22FNO/c1-10-8-12(6-7-13(10)16)14(18)17-9-11(2)15(3,4)5/h6-8,11H,9H2,1-5H3,(H,17,18). The van der Waals surface area contributed by atoms with Crippen LogP contribution < -0.4 is 5.32 Å². The highest BCUT2D eigenvalue weighted by Crippen LogP contribution is 2.24. The van der Waals surface area contributed by atoms with Crippen molar-refractivity contribution in [1.82, 2.24) is 5.32 Å². The second-order valence-electron chi connectivity index (χ2n) is 5.94. The number of carbonyl (C=O) groups is 1. The quantitative estimate of drug-likeness (QED) is 0.874. The van der Waals surface area contributed by atoms with Crippen LogP contribution in [0, 0.1) is 24.1 Å². The Morgan fingerprint density at radius 1 is 1.39 bits per heavy atom. The smallest absolute Gasteiger partial charge is 0.251 e. The molecule has 0 saturated heterocycles. The fraction of sp³-hybridized carbons (Fsp3) is 0.533. The van der Waals surface area contributed by atoms with Gasteiger partial charge in [0.1, 0.15) is 5.82 Å². The van der Waals surface area contributed by atoms with Gasteiger partial charge in [0.05, 0.1) is 0 Å². The van der Waals surface area contributed by atoms with Crippen molar-refractivity contribution in [2.75, 3.05) is 6.54 Å². The molecule has 0 bridgehead atoms. The Balaban J connectivity index is 2.63. The third kappa shape index (κ3) is 3.83. The number of hydrogen-bond acceptors (Lipinski definition) is 1. The molecule has 0 aliphatic rings. The lowest BCUT2D eigenvalue weighted by atomic mass is 9.82. The summed E-state index contributed by atoms with van der Waals surface area (Å²) in [6, 6.07) is 4.42. The van der Waals surface area contributed by atoms with E-state index < -0.39 is 0 Å². The minimum atomic E-state index is -0.283. The number of benzene rings is 1. The normalized spacial score (nSPS) is 13.2. The number of halogens is 1. The van der Waals surface area contributed by atoms with E-state index in [1.54, 1.807) is 13.0 Å². The van der Waals surface area contributed by atoms with Crippen LogP contribution in [0.2, 0.25) is 0 Å². The lowest BCUT2D eigenvalue weighted by Gasteiger charge is -2.27. The number of carbonyl (C=O) groups excluding carboxylic acids is 1. The molecular formula is C15H22FNO. The monoisotopic (exact) mass is 251 g/mol. The number of hydrogen-bond donors (Lipinski definition) is 1. The molecular weight excluding hydrogens is 229 g/mol. The van der Waals surface area contributed by atoms with Crippen molar-refractivity contribution in [2.45, 2.75) is 34.6 Å². The van der Waals surface area contributed by atoms with Crippen LogP contribution >= 0.6 is 0 Å². The highest BCUT2D eigenvalue weighted by molar-refractivity contribution is 5.94. The van der Waals surface area contributed by atoms with Crippen molar-refractivity contribution in [3.05, 3.63) is 35.1 Å². The van der Waals surface area contributed by atoms with Gasteiger partial charge in [-0.15, -0.1) is 0 Å². The fourth-order valence-corrected chi connectivity index (χ4v) is 1.44. The minimum Gasteiger partial charge on any atom is -0.352 e. The van der Waals surface area contributed by atoms with Crippen LogP contribution in [-0.2, 0) is 0 Å². The van der Waals surface area contributed by atoms with Gasteiger partial charge in [-0.2, -0.15) is 0 Å². The Hall–Kier alpha value is -1.38. The lowest BCUT2D eigenvalue weighted by molar-refractivity contribution is 0.0937. The summed E-state index contributed by atoms with van der Waals surface area (Å²) in [4.78, 5) is 11.9. The maximum Gasteiger partial charge on any atom is 0.251 e. The molecule has 0 aliphatic heterocycles. The molecule has 0 radical (unpaired) electrons. The van der Waals surface area contributed by atoms with Gasteiger partial charge in [0.2, 0.25) is 0 Å². The second-order valence-corrected chi connectivity index (χ2v) is 5.94. The molecule has 0 aromatic heterocycles. The summed E-state index contributed by atoms with van der Waals surface area (Å²) in [5, 5.41) is 2.89. The first-order chi connectivity index (χ1) is 8.21. The molecule has 1 N–H and O–H groups in total. The van der Waals surface area contributed by atoms with E-state index in [-0.39, 0.29) is 17.1 Å². The fourth-order valence-electron chi connectivity index (χ4n) is 1.44. The summed E-state index contributed by atoms with van der Waals surface area (Å²) >= 11 is 0. The van der Waals surface area contributed by atoms with E-state index in [1.165, 1.54) is 12.1 Å². The molecule has 18 heavy (non-hydrogen) atoms. The average molecular weight is 251 g/mol. The van der Waals surface area contributed by atoms with Crippen LogP contribution in [0.1, 0.15) is 43.6 Å². The van der Waals surface area contributed by atoms with Crippen molar-refractivity contribution < 1.29 is 9.18 Å². The summed E-state index contributed by atoms with van der Waals surface area (Å²) in [5.41, 5.74) is 1.16. The average Bonchev–Trinajstić information content (AvgIpc) is 2.27. The molecule has 0 aliphatic carbocycles. The van der Waals surface area contributed by atoms with Crippen molar-refractivity contribution in [3.63, 3.8) is 0 Å². The van der Waals surface area contributed by atoms with Crippen LogP contribution in [0.25, 0.3) is 0 Å². The molecule has 1 unspecified atom stereocenters. The van der Waals surface area contributed by atoms with Gasteiger partial charge in [0.15, 0.2) is 0 Å². The number of aryl methyl sites for hydroxylation is 1. The molecule has 1 aromatic rings. The summed E-state index contributed by atoms with van der Waals surface area (Å²) in [6.45, 7) is 10.8. The molecule has 0 saturated carbocycles. The zero-order valence-corrected chi connectivity index (χ0v) is 11.8. The van der Waals surface area contributed by atoms with E-state index >= 15 is 0 Å². The first-order valence-electron chi connectivity index (χ1n) is 6.26. The maximum atomic E-state index is 13.1. The van der Waals surface area contributed by atoms with Crippen molar-refractivity contribution >= 4 is 5.91 Å². The van der Waals surface area contributed by atoms with E-state index in [9.17, 15) is 9.18 Å². The van der Waals surface area contributed by atoms with Crippen LogP contribution in [0.3, 0.4) is 0 Å². The van der Waals surface area contributed by atoms with Crippen molar-refractivity contribution in [3.8, 4) is 0 Å². The molecule has 1 amide bonds. The van der Waals surface area contributed by atoms with E-state index in [0.29, 0.717) is 23.6 Å². The Kier molecular flexibility index (Phi) is 4.49. The highest BCUT2D eigenvalue weighted by Gasteiger charge is 2.20. The molecule has 1 rings (SSSR count). The Labute approximate surface area is 109 Å². The SMILES string of the molecule is Cc1cc(C(=O)NCC(C)C(C)(C)C)ccc1F. The molecule has 3 heteroatoms. The maximum absolute atomic E-state index is 13.1. The Bertz CT molecular complexity index is 435. The highest BCUT2D eigenvalue weighted by atomic mass is 19.1. The largest absolute Gasteiger partial charge is 0.352 e. The summed E-state index contributed by atoms with van der Waals surface area (Å²) in [7, 11) is 0. The minimum absolute atomic E-state index is 0.144. The molecule has 0 spiro atoms. The van der Waals surface area contributed by atoms with Crippen LogP contribution in [0.4, 0.5) is 4.39 Å². The van der Waals surface area contributed by atoms with E-state index in [0.717, 1.165) is 0 Å². The van der Waals surface area contributed by atoms with Gasteiger partial charge >= 0.3 is 0 Å². The van der Waals surface area contributed by atoms with Gasteiger partial charge in [-0.25, -0.2) is 4.39 Å². The molecule has 100 valence electrons. The van der Waals surface area contributed by atoms with Crippen molar-refractivity contribution in [1.29, 1.82) is 0 Å². The number of amides is 1. The molecule has 2 nitrogen and oxygen atoms in total. The van der Waals surface area contributed by atoms with Crippen molar-refractivity contribution in [2.24, 2.45) is 11.3 Å². The summed E-state index contributed by atoms with van der Waals surface area (Å²) in [5.74, 6) is -0.0493. The zero-order chi connectivity index (χ0) is 13.9. The second kappa shape index (κ2) is 5.51. The van der Waals surface area contributed by atoms with Gasteiger partial charge < -0.3 is 5.32 Å². The summed E-state index contributed by atoms with van der Waals surface area (Å²) < 4.78 is 13.1. The summed E-state index contributed by atoms with van der Waals surface area (Å²) in [6.07, 6.45) is 0. The first kappa shape index (κ1) is 14.7. The zero-order valence-electron chi connectivity index (χ0n) is 11.8. The number of nitrogens with one attached hydrogen (secondary N) is 1. The van der Waals surface area contributed by atoms with Crippen LogP contribution in [-0.4, -0.2) is 12.5 Å². The van der Waals surface area contributed by atoms with Gasteiger partial charge in [-0.05, 0) is 42.0 Å². The van der Waals surface area contributed by atoms with Crippen LogP contribution in [0.15, 0.2) is 18.2 Å². The Morgan fingerprint density at radius 2 is 2.00 bits per heavy atom. The third-order valence-corrected chi connectivity index (χ3v) is 3.47. The Morgan fingerprint density at radius 3 is 2.50 bits per heavy atom. The molecule has 0 heterocycles. The predicted molar refractivity (Wildman–Crippen MR) is 72.1 cm³/mol. The number of rotatable bonds is 3. The van der Waals surface area contributed by atoms with E-state index in [4.69, 9.17) is 0 Å². The first-order valence-corrected chi connectivity index (χ1v) is 6.26. The van der Waals surface area contributed by atoms with Gasteiger partial charge in [0, 0.05) is 12.1 Å². The molecule has 1 aromatic carbocycles. The van der Waals surface area contributed by atoms with Crippen LogP contribution in [0.5, 0.6) is 0 Å². The topological polar surface area (TPSA) is 29.1 Å². The van der Waals surface area contributed by atoms with Gasteiger partial charge in [-0.3, -0.25) is 4.79 Å². The van der Waals surface area contributed by atoms with Gasteiger partial charge in [-0.1, -0.05) is 27.7 Å². The molecule has 1 atom stereocenters.